The minimum absolute atomic E-state index is 0.0898. The molecule has 0 atom stereocenters. The Morgan fingerprint density at radius 1 is 0.950 bits per heavy atom. The highest BCUT2D eigenvalue weighted by Gasteiger charge is 2.38. The number of phenols is 1. The van der Waals surface area contributed by atoms with E-state index in [1.165, 1.54) is 18.2 Å². The Morgan fingerprint density at radius 2 is 1.70 bits per heavy atom. The van der Waals surface area contributed by atoms with Gasteiger partial charge in [0.15, 0.2) is 0 Å². The molecule has 0 saturated carbocycles. The topological polar surface area (TPSA) is 110 Å². The molecule has 3 rings (SSSR count). The van der Waals surface area contributed by atoms with Gasteiger partial charge in [0.2, 0.25) is 0 Å². The lowest BCUT2D eigenvalue weighted by Gasteiger charge is -2.14. The second-order valence-electron chi connectivity index (χ2n) is 4.46. The number of nitrogens with two attached hydrogens (primary N) is 2. The number of fused-ring (bicyclic) bond motifs is 1. The molecule has 2 aromatic carbocycles. The van der Waals surface area contributed by atoms with Crippen molar-refractivity contribution in [3.8, 4) is 5.75 Å². The van der Waals surface area contributed by atoms with Crippen molar-refractivity contribution < 1.29 is 14.7 Å². The van der Waals surface area contributed by atoms with E-state index in [9.17, 15) is 14.7 Å². The summed E-state index contributed by atoms with van der Waals surface area (Å²) in [6.07, 6.45) is 0. The maximum Gasteiger partial charge on any atom is 0.268 e. The summed E-state index contributed by atoms with van der Waals surface area (Å²) >= 11 is 0. The van der Waals surface area contributed by atoms with Crippen LogP contribution < -0.4 is 16.4 Å². The fourth-order valence-corrected chi connectivity index (χ4v) is 2.23. The van der Waals surface area contributed by atoms with E-state index in [1.807, 2.05) is 0 Å². The Morgan fingerprint density at radius 3 is 2.35 bits per heavy atom. The molecule has 1 heterocycles. The molecule has 0 aromatic heterocycles. The Hall–Kier alpha value is -3.02. The highest BCUT2D eigenvalue weighted by Crippen LogP contribution is 2.34. The van der Waals surface area contributed by atoms with Gasteiger partial charge in [-0.3, -0.25) is 9.59 Å². The van der Waals surface area contributed by atoms with Gasteiger partial charge in [-0.05, 0) is 30.3 Å². The number of anilines is 3. The first-order valence-electron chi connectivity index (χ1n) is 5.86. The number of phenolic OH excluding ortho intramolecular Hbond substituents is 1. The molecular formula is C14H11N3O3. The fraction of sp³-hybridized carbons (Fsp3) is 0. The fourth-order valence-electron chi connectivity index (χ4n) is 2.23. The Balaban J connectivity index is 2.14. The van der Waals surface area contributed by atoms with Crippen LogP contribution in [-0.4, -0.2) is 16.9 Å². The third-order valence-electron chi connectivity index (χ3n) is 3.22. The highest BCUT2D eigenvalue weighted by atomic mass is 16.3. The van der Waals surface area contributed by atoms with Crippen molar-refractivity contribution in [2.24, 2.45) is 0 Å². The normalized spacial score (nSPS) is 13.7. The molecule has 0 fully saturated rings. The van der Waals surface area contributed by atoms with Crippen molar-refractivity contribution in [3.05, 3.63) is 47.5 Å². The number of nitrogen functional groups attached to an aromatic ring is 2. The van der Waals surface area contributed by atoms with Crippen LogP contribution in [-0.2, 0) is 0 Å². The van der Waals surface area contributed by atoms with Gasteiger partial charge in [0.05, 0.1) is 22.5 Å². The molecule has 0 radical (unpaired) electrons. The first-order chi connectivity index (χ1) is 9.50. The number of aromatic hydroxyl groups is 1. The van der Waals surface area contributed by atoms with Gasteiger partial charge in [-0.15, -0.1) is 0 Å². The van der Waals surface area contributed by atoms with Crippen LogP contribution >= 0.6 is 0 Å². The number of benzene rings is 2. The number of amides is 2. The lowest BCUT2D eigenvalue weighted by molar-refractivity contribution is 0.0926. The summed E-state index contributed by atoms with van der Waals surface area (Å²) in [4.78, 5) is 25.6. The Bertz CT molecular complexity index is 755. The van der Waals surface area contributed by atoms with Crippen LogP contribution in [0, 0.1) is 0 Å². The summed E-state index contributed by atoms with van der Waals surface area (Å²) in [5.74, 6) is -1.06. The van der Waals surface area contributed by atoms with Crippen LogP contribution in [0.25, 0.3) is 0 Å². The highest BCUT2D eigenvalue weighted by molar-refractivity contribution is 6.36. The molecule has 6 nitrogen and oxygen atoms in total. The third-order valence-corrected chi connectivity index (χ3v) is 3.22. The molecule has 0 saturated heterocycles. The molecule has 1 aliphatic heterocycles. The van der Waals surface area contributed by atoms with Crippen LogP contribution in [0.3, 0.4) is 0 Å². The molecule has 0 aliphatic carbocycles. The lowest BCUT2D eigenvalue weighted by Crippen LogP contribution is -2.29. The average molecular weight is 269 g/mol. The van der Waals surface area contributed by atoms with E-state index in [1.54, 1.807) is 18.2 Å². The van der Waals surface area contributed by atoms with Crippen molar-refractivity contribution in [1.29, 1.82) is 0 Å². The minimum atomic E-state index is -0.492. The molecule has 5 N–H and O–H groups in total. The summed E-state index contributed by atoms with van der Waals surface area (Å²) in [6.45, 7) is 0. The van der Waals surface area contributed by atoms with E-state index in [4.69, 9.17) is 11.5 Å². The number of hydrogen-bond donors (Lipinski definition) is 3. The Kier molecular flexibility index (Phi) is 2.40. The third kappa shape index (κ3) is 1.51. The number of hydrogen-bond acceptors (Lipinski definition) is 5. The molecule has 1 aliphatic rings. The first kappa shape index (κ1) is 12.0. The molecule has 20 heavy (non-hydrogen) atoms. The Labute approximate surface area is 114 Å². The number of carbonyl (C=O) groups is 2. The van der Waals surface area contributed by atoms with Gasteiger partial charge in [-0.2, -0.15) is 0 Å². The van der Waals surface area contributed by atoms with Gasteiger partial charge in [0, 0.05) is 5.69 Å². The summed E-state index contributed by atoms with van der Waals surface area (Å²) in [5, 5.41) is 9.40. The van der Waals surface area contributed by atoms with Crippen LogP contribution in [0.5, 0.6) is 5.75 Å². The summed E-state index contributed by atoms with van der Waals surface area (Å²) in [6, 6.07) is 8.89. The predicted octanol–water partition coefficient (Wildman–Crippen LogP) is 1.36. The average Bonchev–Trinajstić information content (AvgIpc) is 2.67. The van der Waals surface area contributed by atoms with E-state index < -0.39 is 11.8 Å². The molecule has 2 amide bonds. The van der Waals surface area contributed by atoms with Crippen LogP contribution in [0.15, 0.2) is 36.4 Å². The zero-order chi connectivity index (χ0) is 14.4. The lowest BCUT2D eigenvalue weighted by atomic mass is 10.1. The number of carbonyl (C=O) groups excluding carboxylic acids is 2. The van der Waals surface area contributed by atoms with Crippen molar-refractivity contribution in [2.45, 2.75) is 0 Å². The maximum absolute atomic E-state index is 12.3. The van der Waals surface area contributed by atoms with Gasteiger partial charge in [-0.25, -0.2) is 4.90 Å². The molecule has 6 heteroatoms. The second-order valence-corrected chi connectivity index (χ2v) is 4.46. The monoisotopic (exact) mass is 269 g/mol. The van der Waals surface area contributed by atoms with E-state index in [2.05, 4.69) is 0 Å². The van der Waals surface area contributed by atoms with E-state index >= 15 is 0 Å². The van der Waals surface area contributed by atoms with Crippen LogP contribution in [0.4, 0.5) is 17.1 Å². The molecular weight excluding hydrogens is 258 g/mol. The summed E-state index contributed by atoms with van der Waals surface area (Å²) < 4.78 is 0. The largest absolute Gasteiger partial charge is 0.506 e. The van der Waals surface area contributed by atoms with Gasteiger partial charge in [-0.1, -0.05) is 6.07 Å². The van der Waals surface area contributed by atoms with Crippen molar-refractivity contribution in [1.82, 2.24) is 0 Å². The zero-order valence-electron chi connectivity index (χ0n) is 10.3. The second kappa shape index (κ2) is 3.99. The predicted molar refractivity (Wildman–Crippen MR) is 74.5 cm³/mol. The summed E-state index contributed by atoms with van der Waals surface area (Å²) in [7, 11) is 0. The van der Waals surface area contributed by atoms with Crippen molar-refractivity contribution >= 4 is 28.9 Å². The first-order valence-corrected chi connectivity index (χ1v) is 5.86. The number of rotatable bonds is 1. The maximum atomic E-state index is 12.3. The van der Waals surface area contributed by atoms with Crippen LogP contribution in [0.1, 0.15) is 20.7 Å². The molecule has 100 valence electrons. The quantitative estimate of drug-likeness (QED) is 0.411. The van der Waals surface area contributed by atoms with E-state index in [0.29, 0.717) is 5.69 Å². The van der Waals surface area contributed by atoms with E-state index in [0.717, 1.165) is 4.90 Å². The standard InChI is InChI=1S/C14H11N3O3/c15-9-3-1-2-8-12(9)14(20)17(13(8)19)7-4-5-11(18)10(16)6-7/h1-6,18H,15-16H2. The van der Waals surface area contributed by atoms with Gasteiger partial charge in [0.1, 0.15) is 5.75 Å². The summed E-state index contributed by atoms with van der Waals surface area (Å²) in [5.41, 5.74) is 12.5. The zero-order valence-corrected chi connectivity index (χ0v) is 10.3. The smallest absolute Gasteiger partial charge is 0.268 e. The number of imide groups is 1. The molecule has 0 bridgehead atoms. The van der Waals surface area contributed by atoms with Crippen LogP contribution in [0.2, 0.25) is 0 Å². The molecule has 0 unspecified atom stereocenters. The van der Waals surface area contributed by atoms with Crippen molar-refractivity contribution in [3.63, 3.8) is 0 Å². The van der Waals surface area contributed by atoms with Gasteiger partial charge >= 0.3 is 0 Å². The van der Waals surface area contributed by atoms with Crippen molar-refractivity contribution in [2.75, 3.05) is 16.4 Å². The van der Waals surface area contributed by atoms with E-state index in [-0.39, 0.29) is 28.3 Å². The minimum Gasteiger partial charge on any atom is -0.506 e. The van der Waals surface area contributed by atoms with Gasteiger partial charge in [0.25, 0.3) is 11.8 Å². The van der Waals surface area contributed by atoms with Gasteiger partial charge < -0.3 is 16.6 Å². The number of nitrogens with zero attached hydrogens (tertiary/aromatic N) is 1. The molecule has 0 spiro atoms. The SMILES string of the molecule is Nc1cc(N2C(=O)c3cccc(N)c3C2=O)ccc1O. The molecule has 2 aromatic rings.